The molecule has 1 fully saturated rings. The molecule has 0 spiro atoms. The number of benzene rings is 3. The largest absolute Gasteiger partial charge is 0.493 e. The summed E-state index contributed by atoms with van der Waals surface area (Å²) in [5.74, 6) is 0.423. The Morgan fingerprint density at radius 2 is 1.79 bits per heavy atom. The van der Waals surface area contributed by atoms with Gasteiger partial charge in [-0.3, -0.25) is 14.8 Å². The fraction of sp³-hybridized carbons (Fsp3) is 0.513. The molecule has 3 aromatic carbocycles. The van der Waals surface area contributed by atoms with Crippen LogP contribution >= 0.6 is 11.6 Å². The molecule has 3 N–H and O–H groups in total. The van der Waals surface area contributed by atoms with Gasteiger partial charge in [0, 0.05) is 44.2 Å². The van der Waals surface area contributed by atoms with Crippen LogP contribution in [0.25, 0.3) is 11.1 Å². The number of nitrogens with one attached hydrogen (secondary N) is 2. The van der Waals surface area contributed by atoms with Crippen LogP contribution in [0.15, 0.2) is 48.5 Å². The second kappa shape index (κ2) is 17.3. The highest BCUT2D eigenvalue weighted by molar-refractivity contribution is 7.89. The molecule has 0 saturated carbocycles. The number of carbonyl (C=O) groups is 1. The summed E-state index contributed by atoms with van der Waals surface area (Å²) in [7, 11) is -3.84. The molecule has 1 aliphatic heterocycles. The Bertz CT molecular complexity index is 1870. The van der Waals surface area contributed by atoms with E-state index in [0.717, 1.165) is 60.3 Å². The summed E-state index contributed by atoms with van der Waals surface area (Å²) in [6.45, 7) is 9.99. The summed E-state index contributed by atoms with van der Waals surface area (Å²) >= 11 is 6.68. The molecule has 4 atom stereocenters. The van der Waals surface area contributed by atoms with Crippen molar-refractivity contribution in [1.82, 2.24) is 14.9 Å². The van der Waals surface area contributed by atoms with Gasteiger partial charge in [0.25, 0.3) is 5.91 Å². The first kappa shape index (κ1) is 40.7. The minimum atomic E-state index is -3.84. The number of rotatable bonds is 16. The fourth-order valence-electron chi connectivity index (χ4n) is 6.94. The van der Waals surface area contributed by atoms with Gasteiger partial charge < -0.3 is 24.2 Å². The zero-order chi connectivity index (χ0) is 38.5. The van der Waals surface area contributed by atoms with Crippen LogP contribution in [0.1, 0.15) is 68.4 Å². The number of amides is 1. The SMILES string of the molecule is CCOc1cc(O[C@@H]2c3cccc(-c4cccc(OCCCN5CCC(C)(F)CC5)c4C)c3C[C@@H]2F)c(Cl)cc1CN[C@H](C(=O)NS(C)(=O)=O)[C@@H](C)O. The minimum absolute atomic E-state index is 0.00991. The third-order valence-electron chi connectivity index (χ3n) is 9.83. The van der Waals surface area contributed by atoms with E-state index in [0.29, 0.717) is 36.3 Å². The standard InChI is InChI=1S/C39H50ClF2N3O7S/c1-6-50-34-22-35(31(40)20-26(34)23-43-36(25(3)46)38(47)44-53(5,48)49)52-37-29-12-7-11-28(30(29)21-32(37)41)27-10-8-13-33(24(27)2)51-19-9-16-45-17-14-39(4,42)15-18-45/h7-8,10-13,20,22,25,32,36-37,43,46H,6,9,14-19,21,23H2,1-5H3,(H,44,47)/t25-,32+,36+,37-/m1/s1. The summed E-state index contributed by atoms with van der Waals surface area (Å²) in [6, 6.07) is 13.5. The van der Waals surface area contributed by atoms with Gasteiger partial charge in [-0.25, -0.2) is 17.2 Å². The third-order valence-corrected chi connectivity index (χ3v) is 10.7. The molecule has 290 valence electrons. The summed E-state index contributed by atoms with van der Waals surface area (Å²) < 4.78 is 73.5. The molecule has 3 aromatic rings. The number of sulfonamides is 1. The molecule has 5 rings (SSSR count). The van der Waals surface area contributed by atoms with Gasteiger partial charge in [-0.1, -0.05) is 41.9 Å². The smallest absolute Gasteiger partial charge is 0.253 e. The highest BCUT2D eigenvalue weighted by Crippen LogP contribution is 2.45. The van der Waals surface area contributed by atoms with E-state index in [1.54, 1.807) is 26.0 Å². The Labute approximate surface area is 316 Å². The molecule has 2 aliphatic rings. The van der Waals surface area contributed by atoms with Crippen LogP contribution in [0, 0.1) is 6.92 Å². The maximum absolute atomic E-state index is 15.9. The molecule has 1 saturated heterocycles. The number of aliphatic hydroxyl groups is 1. The summed E-state index contributed by atoms with van der Waals surface area (Å²) in [6.07, 6.45) is -0.590. The molecular formula is C39H50ClF2N3O7S. The van der Waals surface area contributed by atoms with Gasteiger partial charge in [-0.2, -0.15) is 0 Å². The van der Waals surface area contributed by atoms with Crippen molar-refractivity contribution >= 4 is 27.5 Å². The van der Waals surface area contributed by atoms with Gasteiger partial charge >= 0.3 is 0 Å². The molecule has 1 amide bonds. The molecule has 1 aliphatic carbocycles. The highest BCUT2D eigenvalue weighted by Gasteiger charge is 2.37. The maximum Gasteiger partial charge on any atom is 0.253 e. The van der Waals surface area contributed by atoms with E-state index >= 15 is 4.39 Å². The van der Waals surface area contributed by atoms with Crippen molar-refractivity contribution in [2.45, 2.75) is 90.0 Å². The normalized spacial score (nSPS) is 19.6. The topological polar surface area (TPSA) is 126 Å². The summed E-state index contributed by atoms with van der Waals surface area (Å²) in [4.78, 5) is 14.8. The molecule has 14 heteroatoms. The number of hydrogen-bond donors (Lipinski definition) is 3. The van der Waals surface area contributed by atoms with Crippen LogP contribution in [-0.2, 0) is 27.8 Å². The zero-order valence-corrected chi connectivity index (χ0v) is 32.5. The Morgan fingerprint density at radius 1 is 1.09 bits per heavy atom. The first-order valence-electron chi connectivity index (χ1n) is 18.0. The lowest BCUT2D eigenvalue weighted by atomic mass is 9.93. The molecule has 53 heavy (non-hydrogen) atoms. The molecule has 0 bridgehead atoms. The van der Waals surface area contributed by atoms with Crippen molar-refractivity contribution in [1.29, 1.82) is 0 Å². The Morgan fingerprint density at radius 3 is 2.47 bits per heavy atom. The van der Waals surface area contributed by atoms with E-state index in [9.17, 15) is 22.7 Å². The number of halogens is 3. The second-order valence-electron chi connectivity index (χ2n) is 14.2. The van der Waals surface area contributed by atoms with E-state index in [-0.39, 0.29) is 30.3 Å². The van der Waals surface area contributed by atoms with Gasteiger partial charge in [0.15, 0.2) is 6.10 Å². The number of carbonyl (C=O) groups excluding carboxylic acids is 1. The lowest BCUT2D eigenvalue weighted by Gasteiger charge is -2.34. The average molecular weight is 778 g/mol. The second-order valence-corrected chi connectivity index (χ2v) is 16.3. The first-order valence-corrected chi connectivity index (χ1v) is 20.3. The van der Waals surface area contributed by atoms with Crippen LogP contribution < -0.4 is 24.2 Å². The predicted octanol–water partition coefficient (Wildman–Crippen LogP) is 6.24. The lowest BCUT2D eigenvalue weighted by Crippen LogP contribution is -2.51. The Kier molecular flexibility index (Phi) is 13.3. The number of nitrogens with zero attached hydrogens (tertiary/aromatic N) is 1. The van der Waals surface area contributed by atoms with Gasteiger partial charge in [0.2, 0.25) is 10.0 Å². The number of likely N-dealkylation sites (tertiary alicyclic amines) is 1. The quantitative estimate of drug-likeness (QED) is 0.145. The van der Waals surface area contributed by atoms with Crippen LogP contribution in [0.4, 0.5) is 8.78 Å². The van der Waals surface area contributed by atoms with Gasteiger partial charge in [0.1, 0.15) is 35.1 Å². The molecule has 0 radical (unpaired) electrons. The van der Waals surface area contributed by atoms with Gasteiger partial charge in [0.05, 0.1) is 30.6 Å². The van der Waals surface area contributed by atoms with E-state index in [4.69, 9.17) is 25.8 Å². The van der Waals surface area contributed by atoms with Crippen molar-refractivity contribution in [2.75, 3.05) is 39.1 Å². The molecule has 0 aromatic heterocycles. The van der Waals surface area contributed by atoms with Crippen LogP contribution in [0.2, 0.25) is 5.02 Å². The summed E-state index contributed by atoms with van der Waals surface area (Å²) in [5.41, 5.74) is 3.79. The molecule has 10 nitrogen and oxygen atoms in total. The highest BCUT2D eigenvalue weighted by atomic mass is 35.5. The number of piperidine rings is 1. The van der Waals surface area contributed by atoms with Crippen molar-refractivity contribution in [3.63, 3.8) is 0 Å². The number of alkyl halides is 2. The van der Waals surface area contributed by atoms with Crippen LogP contribution in [-0.4, -0.2) is 87.4 Å². The average Bonchev–Trinajstić information content (AvgIpc) is 3.40. The Hall–Kier alpha value is -3.49. The minimum Gasteiger partial charge on any atom is -0.493 e. The van der Waals surface area contributed by atoms with E-state index in [1.807, 2.05) is 48.0 Å². The van der Waals surface area contributed by atoms with Crippen molar-refractivity contribution < 1.29 is 41.3 Å². The van der Waals surface area contributed by atoms with E-state index in [1.165, 1.54) is 6.92 Å². The molecule has 1 heterocycles. The van der Waals surface area contributed by atoms with E-state index < -0.39 is 46.0 Å². The monoisotopic (exact) mass is 777 g/mol. The zero-order valence-electron chi connectivity index (χ0n) is 30.9. The summed E-state index contributed by atoms with van der Waals surface area (Å²) in [5, 5.41) is 13.2. The molecular weight excluding hydrogens is 728 g/mol. The fourth-order valence-corrected chi connectivity index (χ4v) is 7.66. The van der Waals surface area contributed by atoms with Crippen LogP contribution in [0.3, 0.4) is 0 Å². The maximum atomic E-state index is 15.9. The number of ether oxygens (including phenoxy) is 3. The van der Waals surface area contributed by atoms with Crippen molar-refractivity contribution in [3.8, 4) is 28.4 Å². The number of hydrogen-bond acceptors (Lipinski definition) is 9. The van der Waals surface area contributed by atoms with Gasteiger partial charge in [-0.15, -0.1) is 0 Å². The first-order chi connectivity index (χ1) is 25.1. The van der Waals surface area contributed by atoms with E-state index in [2.05, 4.69) is 10.2 Å². The molecule has 0 unspecified atom stereocenters. The lowest BCUT2D eigenvalue weighted by molar-refractivity contribution is -0.123. The number of aliphatic hydroxyl groups excluding tert-OH is 1. The predicted molar refractivity (Wildman–Crippen MR) is 202 cm³/mol. The van der Waals surface area contributed by atoms with Crippen molar-refractivity contribution in [2.24, 2.45) is 0 Å². The Balaban J connectivity index is 1.30. The number of fused-ring (bicyclic) bond motifs is 1. The van der Waals surface area contributed by atoms with Gasteiger partial charge in [-0.05, 0) is 86.9 Å². The third kappa shape index (κ3) is 10.4. The van der Waals surface area contributed by atoms with Crippen molar-refractivity contribution in [3.05, 3.63) is 75.8 Å². The van der Waals surface area contributed by atoms with Crippen LogP contribution in [0.5, 0.6) is 17.2 Å².